The van der Waals surface area contributed by atoms with E-state index in [1.165, 1.54) is 18.1 Å². The zero-order chi connectivity index (χ0) is 18.8. The van der Waals surface area contributed by atoms with Crippen LogP contribution in [-0.2, 0) is 17.6 Å². The Kier molecular flexibility index (Phi) is 10.8. The first kappa shape index (κ1) is 23.2. The minimum Gasteiger partial charge on any atom is -0.356 e. The van der Waals surface area contributed by atoms with Crippen LogP contribution < -0.4 is 16.0 Å². The van der Waals surface area contributed by atoms with Gasteiger partial charge in [-0.25, -0.2) is 0 Å². The second kappa shape index (κ2) is 12.6. The van der Waals surface area contributed by atoms with Gasteiger partial charge in [-0.3, -0.25) is 9.79 Å². The van der Waals surface area contributed by atoms with Crippen molar-refractivity contribution in [2.24, 2.45) is 4.99 Å². The van der Waals surface area contributed by atoms with E-state index in [9.17, 15) is 4.79 Å². The largest absolute Gasteiger partial charge is 0.356 e. The van der Waals surface area contributed by atoms with E-state index < -0.39 is 0 Å². The Hall–Kier alpha value is -1.80. The van der Waals surface area contributed by atoms with Crippen molar-refractivity contribution in [3.05, 3.63) is 64.7 Å². The highest BCUT2D eigenvalue weighted by molar-refractivity contribution is 14.0. The maximum atomic E-state index is 11.0. The Morgan fingerprint density at radius 2 is 1.41 bits per heavy atom. The standard InChI is InChI=1S/C20H25ClN4O.HI/c1-15(26)25-19-9-5-17(6-10-19)12-14-24-20(22-2)23-13-11-16-3-7-18(21)8-4-16;/h3-10H,11-14H2,1-2H3,(H,25,26)(H2,22,23,24);1H. The predicted molar refractivity (Wildman–Crippen MR) is 124 cm³/mol. The Labute approximate surface area is 183 Å². The van der Waals surface area contributed by atoms with Gasteiger partial charge in [-0.1, -0.05) is 35.9 Å². The molecule has 27 heavy (non-hydrogen) atoms. The van der Waals surface area contributed by atoms with Gasteiger partial charge in [-0.2, -0.15) is 0 Å². The van der Waals surface area contributed by atoms with Crippen LogP contribution in [0, 0.1) is 0 Å². The van der Waals surface area contributed by atoms with Gasteiger partial charge in [0.1, 0.15) is 0 Å². The molecule has 0 aliphatic heterocycles. The fourth-order valence-electron chi connectivity index (χ4n) is 2.48. The summed E-state index contributed by atoms with van der Waals surface area (Å²) in [6, 6.07) is 15.7. The molecule has 1 amide bonds. The number of aliphatic imine (C=N–C) groups is 1. The molecule has 0 aliphatic carbocycles. The number of hydrogen-bond donors (Lipinski definition) is 3. The molecule has 0 spiro atoms. The monoisotopic (exact) mass is 500 g/mol. The van der Waals surface area contributed by atoms with E-state index in [0.29, 0.717) is 0 Å². The van der Waals surface area contributed by atoms with Crippen LogP contribution in [-0.4, -0.2) is 32.0 Å². The lowest BCUT2D eigenvalue weighted by Crippen LogP contribution is -2.39. The van der Waals surface area contributed by atoms with E-state index in [2.05, 4.69) is 20.9 Å². The molecule has 0 saturated heterocycles. The molecule has 2 aromatic rings. The van der Waals surface area contributed by atoms with Crippen molar-refractivity contribution in [3.63, 3.8) is 0 Å². The normalized spacial score (nSPS) is 10.7. The Morgan fingerprint density at radius 1 is 0.926 bits per heavy atom. The number of halogens is 2. The molecule has 146 valence electrons. The van der Waals surface area contributed by atoms with Crippen LogP contribution in [0.3, 0.4) is 0 Å². The zero-order valence-corrected chi connectivity index (χ0v) is 18.7. The molecule has 0 radical (unpaired) electrons. The number of nitrogens with zero attached hydrogens (tertiary/aromatic N) is 1. The second-order valence-corrected chi connectivity index (χ2v) is 6.37. The number of anilines is 1. The minimum absolute atomic E-state index is 0. The van der Waals surface area contributed by atoms with Crippen LogP contribution in [0.15, 0.2) is 53.5 Å². The first-order chi connectivity index (χ1) is 12.6. The summed E-state index contributed by atoms with van der Waals surface area (Å²) in [6.45, 7) is 3.08. The highest BCUT2D eigenvalue weighted by Crippen LogP contribution is 2.10. The van der Waals surface area contributed by atoms with Gasteiger partial charge in [-0.05, 0) is 48.2 Å². The smallest absolute Gasteiger partial charge is 0.221 e. The fraction of sp³-hybridized carbons (Fsp3) is 0.300. The molecule has 0 unspecified atom stereocenters. The van der Waals surface area contributed by atoms with E-state index in [1.807, 2.05) is 48.5 Å². The average molecular weight is 501 g/mol. The van der Waals surface area contributed by atoms with Crippen molar-refractivity contribution < 1.29 is 4.79 Å². The van der Waals surface area contributed by atoms with E-state index in [0.717, 1.165) is 42.6 Å². The second-order valence-electron chi connectivity index (χ2n) is 5.93. The number of benzene rings is 2. The molecule has 0 atom stereocenters. The van der Waals surface area contributed by atoms with Crippen LogP contribution in [0.2, 0.25) is 5.02 Å². The molecule has 2 aromatic carbocycles. The summed E-state index contributed by atoms with van der Waals surface area (Å²) >= 11 is 5.89. The van der Waals surface area contributed by atoms with Crippen LogP contribution in [0.5, 0.6) is 0 Å². The topological polar surface area (TPSA) is 65.5 Å². The van der Waals surface area contributed by atoms with Crippen molar-refractivity contribution in [2.45, 2.75) is 19.8 Å². The number of rotatable bonds is 7. The molecule has 0 fully saturated rings. The van der Waals surface area contributed by atoms with Crippen LogP contribution >= 0.6 is 35.6 Å². The number of nitrogens with one attached hydrogen (secondary N) is 3. The van der Waals surface area contributed by atoms with Gasteiger partial charge < -0.3 is 16.0 Å². The van der Waals surface area contributed by atoms with Gasteiger partial charge >= 0.3 is 0 Å². The summed E-state index contributed by atoms with van der Waals surface area (Å²) in [5, 5.41) is 10.1. The Morgan fingerprint density at radius 3 is 1.85 bits per heavy atom. The summed E-state index contributed by atoms with van der Waals surface area (Å²) in [4.78, 5) is 15.3. The van der Waals surface area contributed by atoms with Crippen molar-refractivity contribution in [1.29, 1.82) is 0 Å². The number of guanidine groups is 1. The van der Waals surface area contributed by atoms with E-state index in [4.69, 9.17) is 11.6 Å². The van der Waals surface area contributed by atoms with Crippen LogP contribution in [0.1, 0.15) is 18.1 Å². The molecule has 0 aliphatic rings. The minimum atomic E-state index is -0.0621. The average Bonchev–Trinajstić information content (AvgIpc) is 2.63. The molecular weight excluding hydrogens is 475 g/mol. The van der Waals surface area contributed by atoms with Crippen molar-refractivity contribution in [2.75, 3.05) is 25.5 Å². The molecule has 3 N–H and O–H groups in total. The van der Waals surface area contributed by atoms with Gasteiger partial charge in [0.2, 0.25) is 5.91 Å². The number of amides is 1. The Bertz CT molecular complexity index is 733. The lowest BCUT2D eigenvalue weighted by Gasteiger charge is -2.12. The summed E-state index contributed by atoms with van der Waals surface area (Å²) in [5.41, 5.74) is 3.24. The van der Waals surface area contributed by atoms with Crippen LogP contribution in [0.4, 0.5) is 5.69 Å². The maximum Gasteiger partial charge on any atom is 0.221 e. The zero-order valence-electron chi connectivity index (χ0n) is 15.6. The number of hydrogen-bond acceptors (Lipinski definition) is 2. The van der Waals surface area contributed by atoms with E-state index in [1.54, 1.807) is 7.05 Å². The molecule has 2 rings (SSSR count). The van der Waals surface area contributed by atoms with Crippen molar-refractivity contribution in [3.8, 4) is 0 Å². The SMILES string of the molecule is CN=C(NCCc1ccc(Cl)cc1)NCCc1ccc(NC(C)=O)cc1.I. The molecule has 0 saturated carbocycles. The van der Waals surface area contributed by atoms with Gasteiger partial charge in [0.25, 0.3) is 0 Å². The Balaban J connectivity index is 0.00000364. The van der Waals surface area contributed by atoms with E-state index >= 15 is 0 Å². The van der Waals surface area contributed by atoms with Crippen LogP contribution in [0.25, 0.3) is 0 Å². The van der Waals surface area contributed by atoms with Gasteiger partial charge in [0, 0.05) is 37.8 Å². The lowest BCUT2D eigenvalue weighted by atomic mass is 10.1. The van der Waals surface area contributed by atoms with Gasteiger partial charge in [0.05, 0.1) is 0 Å². The summed E-state index contributed by atoms with van der Waals surface area (Å²) in [6.07, 6.45) is 1.78. The summed E-state index contributed by atoms with van der Waals surface area (Å²) < 4.78 is 0. The highest BCUT2D eigenvalue weighted by atomic mass is 127. The molecule has 0 heterocycles. The van der Waals surface area contributed by atoms with E-state index in [-0.39, 0.29) is 29.9 Å². The lowest BCUT2D eigenvalue weighted by molar-refractivity contribution is -0.114. The van der Waals surface area contributed by atoms with Crippen molar-refractivity contribution >= 4 is 53.1 Å². The fourth-order valence-corrected chi connectivity index (χ4v) is 2.61. The third kappa shape index (κ3) is 9.10. The molecule has 7 heteroatoms. The molecular formula is C20H26ClIN4O. The third-order valence-corrected chi connectivity index (χ3v) is 4.08. The van der Waals surface area contributed by atoms with Crippen molar-refractivity contribution in [1.82, 2.24) is 10.6 Å². The molecule has 0 bridgehead atoms. The summed E-state index contributed by atoms with van der Waals surface area (Å²) in [5.74, 6) is 0.724. The third-order valence-electron chi connectivity index (χ3n) is 3.82. The molecule has 5 nitrogen and oxygen atoms in total. The first-order valence-electron chi connectivity index (χ1n) is 8.62. The van der Waals surface area contributed by atoms with Gasteiger partial charge in [-0.15, -0.1) is 24.0 Å². The van der Waals surface area contributed by atoms with Gasteiger partial charge in [0.15, 0.2) is 5.96 Å². The molecule has 0 aromatic heterocycles. The quantitative estimate of drug-likeness (QED) is 0.307. The predicted octanol–water partition coefficient (Wildman–Crippen LogP) is 3.87. The number of carbonyl (C=O) groups excluding carboxylic acids is 1. The first-order valence-corrected chi connectivity index (χ1v) is 9.00. The maximum absolute atomic E-state index is 11.0. The summed E-state index contributed by atoms with van der Waals surface area (Å²) in [7, 11) is 1.76. The number of carbonyl (C=O) groups is 1. The highest BCUT2D eigenvalue weighted by Gasteiger charge is 2.00.